The molecule has 0 unspecified atom stereocenters. The second-order valence-corrected chi connectivity index (χ2v) is 6.71. The third-order valence-corrected chi connectivity index (χ3v) is 5.09. The Morgan fingerprint density at radius 3 is 1.92 bits per heavy atom. The number of allylic oxidation sites excluding steroid dienone is 1. The van der Waals surface area contributed by atoms with Crippen LogP contribution < -0.4 is 15.8 Å². The molecule has 0 saturated carbocycles. The van der Waals surface area contributed by atoms with Crippen molar-refractivity contribution in [3.8, 4) is 0 Å². The molecule has 1 N–H and O–H groups in total. The van der Waals surface area contributed by atoms with Crippen molar-refractivity contribution in [1.82, 2.24) is 0 Å². The molecule has 0 atom stereocenters. The molecule has 0 spiro atoms. The summed E-state index contributed by atoms with van der Waals surface area (Å²) in [6.07, 6.45) is 1.97. The Balaban J connectivity index is 2.26. The maximum Gasteiger partial charge on any atom is 0.507 e. The number of carbonyl (C=O) groups is 1. The summed E-state index contributed by atoms with van der Waals surface area (Å²) in [7, 11) is 0. The van der Waals surface area contributed by atoms with Crippen LogP contribution in [0.2, 0.25) is 0 Å². The van der Waals surface area contributed by atoms with E-state index in [1.807, 2.05) is 49.6 Å². The monoisotopic (exact) mass is 337 g/mol. The first-order valence-corrected chi connectivity index (χ1v) is 9.17. The van der Waals surface area contributed by atoms with Crippen molar-refractivity contribution in [2.24, 2.45) is 0 Å². The van der Waals surface area contributed by atoms with E-state index in [9.17, 15) is 4.79 Å². The molecule has 24 heavy (non-hydrogen) atoms. The van der Waals surface area contributed by atoms with Crippen LogP contribution >= 0.6 is 11.8 Å². The second-order valence-electron chi connectivity index (χ2n) is 5.89. The fourth-order valence-electron chi connectivity index (χ4n) is 3.28. The molecule has 3 nitrogen and oxygen atoms in total. The van der Waals surface area contributed by atoms with Gasteiger partial charge in [-0.3, -0.25) is 4.79 Å². The van der Waals surface area contributed by atoms with Crippen molar-refractivity contribution in [2.75, 3.05) is 6.26 Å². The number of Topliss-reactive ketones (excluding diaryl/α,β-unsaturated/α-hetero) is 1. The zero-order chi connectivity index (χ0) is 17.2. The molecule has 0 amide bonds. The van der Waals surface area contributed by atoms with E-state index in [-0.39, 0.29) is 5.78 Å². The Hall–Kier alpha value is -2.27. The first-order valence-electron chi connectivity index (χ1n) is 7.94. The minimum absolute atomic E-state index is 0.00914. The smallest absolute Gasteiger partial charge is 0.507 e. The van der Waals surface area contributed by atoms with Gasteiger partial charge >= 0.3 is 6.48 Å². The van der Waals surface area contributed by atoms with Gasteiger partial charge < -0.3 is 9.56 Å². The molecule has 0 radical (unpaired) electrons. The summed E-state index contributed by atoms with van der Waals surface area (Å²) in [4.78, 5) is 15.6. The molecule has 1 aliphatic heterocycles. The molecule has 0 aliphatic carbocycles. The average molecular weight is 337 g/mol. The lowest BCUT2D eigenvalue weighted by molar-refractivity contribution is -0.319. The molecule has 0 fully saturated rings. The van der Waals surface area contributed by atoms with Crippen LogP contribution in [-0.4, -0.2) is 23.6 Å². The maximum atomic E-state index is 12.1. The zero-order valence-electron chi connectivity index (χ0n) is 14.1. The van der Waals surface area contributed by atoms with Crippen molar-refractivity contribution >= 4 is 40.0 Å². The third-order valence-electron chi connectivity index (χ3n) is 4.36. The molecular weight excluding hydrogens is 317 g/mol. The number of ketones is 1. The van der Waals surface area contributed by atoms with Crippen molar-refractivity contribution in [2.45, 2.75) is 13.8 Å². The Bertz CT molecular complexity index is 776. The summed E-state index contributed by atoms with van der Waals surface area (Å²) in [5.41, 5.74) is 2.74. The summed E-state index contributed by atoms with van der Waals surface area (Å²) < 4.78 is 6.43. The van der Waals surface area contributed by atoms with E-state index in [1.54, 1.807) is 18.7 Å². The van der Waals surface area contributed by atoms with E-state index >= 15 is 0 Å². The van der Waals surface area contributed by atoms with Crippen molar-refractivity contribution in [3.05, 3.63) is 72.0 Å². The molecule has 0 aromatic heterocycles. The van der Waals surface area contributed by atoms with E-state index in [0.717, 1.165) is 16.0 Å². The normalized spacial score (nSPS) is 16.4. The predicted octanol–water partition coefficient (Wildman–Crippen LogP) is 0.978. The molecule has 1 aliphatic rings. The van der Waals surface area contributed by atoms with E-state index in [2.05, 4.69) is 29.2 Å². The van der Waals surface area contributed by atoms with Crippen LogP contribution in [0, 0.1) is 0 Å². The van der Waals surface area contributed by atoms with Gasteiger partial charge in [-0.1, -0.05) is 83.4 Å². The lowest BCUT2D eigenvalue weighted by atomic mass is 9.42. The van der Waals surface area contributed by atoms with Crippen LogP contribution in [0.4, 0.5) is 0 Å². The molecule has 5 heteroatoms. The van der Waals surface area contributed by atoms with Gasteiger partial charge in [0.05, 0.1) is 5.76 Å². The number of rotatable bonds is 3. The third kappa shape index (κ3) is 2.80. The Morgan fingerprint density at radius 1 is 1.00 bits per heavy atom. The van der Waals surface area contributed by atoms with Gasteiger partial charge in [-0.2, -0.15) is 0 Å². The first kappa shape index (κ1) is 16.6. The van der Waals surface area contributed by atoms with Crippen LogP contribution in [0.5, 0.6) is 0 Å². The minimum Gasteiger partial charge on any atom is -0.654 e. The molecule has 122 valence electrons. The van der Waals surface area contributed by atoms with Crippen molar-refractivity contribution in [3.63, 3.8) is 0 Å². The fraction of sp³-hybridized carbons (Fsp3) is 0.158. The molecule has 1 heterocycles. The lowest BCUT2D eigenvalue weighted by Crippen LogP contribution is -3.01. The quantitative estimate of drug-likeness (QED) is 0.849. The predicted molar refractivity (Wildman–Crippen MR) is 102 cm³/mol. The zero-order valence-corrected chi connectivity index (χ0v) is 14.9. The largest absolute Gasteiger partial charge is 0.654 e. The Labute approximate surface area is 146 Å². The van der Waals surface area contributed by atoms with E-state index < -0.39 is 6.48 Å². The topological polar surface area (TPSA) is 40.3 Å². The van der Waals surface area contributed by atoms with Gasteiger partial charge in [0.1, 0.15) is 5.57 Å². The van der Waals surface area contributed by atoms with Gasteiger partial charge in [0.2, 0.25) is 0 Å². The fourth-order valence-corrected chi connectivity index (χ4v) is 4.06. The highest BCUT2D eigenvalue weighted by Crippen LogP contribution is 2.19. The number of nitrogens with one attached hydrogen (secondary N) is 1. The van der Waals surface area contributed by atoms with Crippen LogP contribution in [0.3, 0.4) is 0 Å². The summed E-state index contributed by atoms with van der Waals surface area (Å²) in [5.74, 6) is 0.674. The van der Waals surface area contributed by atoms with E-state index in [4.69, 9.17) is 4.65 Å². The number of thioether (sulfide) groups is 1. The molecule has 0 saturated heterocycles. The highest BCUT2D eigenvalue weighted by Gasteiger charge is 2.45. The summed E-state index contributed by atoms with van der Waals surface area (Å²) in [5, 5.41) is 0.860. The standard InChI is InChI=1S/C19H20BNO2S/c1-14(22)18-15(2)23-20(21-19(18)24-3,16-10-6-4-7-11-16)17-12-8-5-9-13-17/h4-13,21H,1-3H3. The summed E-state index contributed by atoms with van der Waals surface area (Å²) >= 11 is 1.54. The van der Waals surface area contributed by atoms with Crippen molar-refractivity contribution < 1.29 is 14.4 Å². The highest BCUT2D eigenvalue weighted by molar-refractivity contribution is 8.13. The number of hydrogen-bond acceptors (Lipinski definition) is 3. The first-order chi connectivity index (χ1) is 11.6. The van der Waals surface area contributed by atoms with Crippen molar-refractivity contribution in [1.29, 1.82) is 0 Å². The van der Waals surface area contributed by atoms with Crippen LogP contribution in [-0.2, 0) is 9.45 Å². The van der Waals surface area contributed by atoms with E-state index in [0.29, 0.717) is 11.3 Å². The molecule has 0 bridgehead atoms. The molecule has 2 aromatic rings. The van der Waals surface area contributed by atoms with Gasteiger partial charge in [-0.25, -0.2) is 0 Å². The Morgan fingerprint density at radius 2 is 1.50 bits per heavy atom. The second kappa shape index (κ2) is 6.69. The summed E-state index contributed by atoms with van der Waals surface area (Å²) in [6.45, 7) is 1.77. The number of hydrogen-bond donors (Lipinski definition) is 1. The van der Waals surface area contributed by atoms with Crippen LogP contribution in [0.1, 0.15) is 13.8 Å². The summed E-state index contributed by atoms with van der Waals surface area (Å²) in [6, 6.07) is 20.2. The maximum absolute atomic E-state index is 12.1. The molecule has 3 rings (SSSR count). The molecule has 2 aromatic carbocycles. The molecular formula is C19H20BNO2S. The number of benzene rings is 2. The van der Waals surface area contributed by atoms with Gasteiger partial charge in [0, 0.05) is 0 Å². The minimum atomic E-state index is -1.67. The van der Waals surface area contributed by atoms with Crippen LogP contribution in [0.15, 0.2) is 72.0 Å². The highest BCUT2D eigenvalue weighted by atomic mass is 32.2. The van der Waals surface area contributed by atoms with Gasteiger partial charge in [-0.15, -0.1) is 0 Å². The van der Waals surface area contributed by atoms with Gasteiger partial charge in [0.15, 0.2) is 10.8 Å². The SMILES string of the molecule is CSC1=[NH+][B-](c2ccccc2)(c2ccccc2)OC(C)=C1C(C)=O. The van der Waals surface area contributed by atoms with Gasteiger partial charge in [-0.05, 0) is 20.1 Å². The van der Waals surface area contributed by atoms with E-state index in [1.165, 1.54) is 0 Å². The average Bonchev–Trinajstić information content (AvgIpc) is 2.62. The van der Waals surface area contributed by atoms with Crippen LogP contribution in [0.25, 0.3) is 0 Å². The number of carbonyl (C=O) groups excluding carboxylic acids is 1. The lowest BCUT2D eigenvalue weighted by Gasteiger charge is -2.37. The van der Waals surface area contributed by atoms with Gasteiger partial charge in [0.25, 0.3) is 0 Å². The Kier molecular flexibility index (Phi) is 4.63.